The van der Waals surface area contributed by atoms with Crippen molar-refractivity contribution in [2.24, 2.45) is 0 Å². The number of carboxylic acids is 1. The molecule has 2 rings (SSSR count). The average Bonchev–Trinajstić information content (AvgIpc) is 2.55. The lowest BCUT2D eigenvalue weighted by Crippen LogP contribution is -2.11. The van der Waals surface area contributed by atoms with Crippen LogP contribution in [0.15, 0.2) is 36.4 Å². The summed E-state index contributed by atoms with van der Waals surface area (Å²) >= 11 is 6.08. The lowest BCUT2D eigenvalue weighted by Gasteiger charge is -2.14. The number of carbonyl (C=O) groups is 1. The summed E-state index contributed by atoms with van der Waals surface area (Å²) in [5, 5.41) is 9.19. The van der Waals surface area contributed by atoms with Crippen LogP contribution in [0.4, 0.5) is 4.39 Å². The normalized spacial score (nSPS) is 10.3. The minimum Gasteiger partial charge on any atom is -0.490 e. The second-order valence-corrected chi connectivity index (χ2v) is 5.08. The Morgan fingerprint density at radius 1 is 1.12 bits per heavy atom. The van der Waals surface area contributed by atoms with E-state index in [4.69, 9.17) is 30.9 Å². The van der Waals surface area contributed by atoms with Crippen molar-refractivity contribution in [2.75, 3.05) is 19.8 Å². The van der Waals surface area contributed by atoms with Crippen LogP contribution >= 0.6 is 11.6 Å². The number of hydrogen-bond acceptors (Lipinski definition) is 4. The maximum atomic E-state index is 12.8. The number of ether oxygens (including phenoxy) is 3. The van der Waals surface area contributed by atoms with Gasteiger partial charge >= 0.3 is 5.97 Å². The standard InChI is InChI=1S/C17H16ClFO5/c1-2-22-15-10-11(17(20)21)9-14(18)16(15)24-8-7-23-13-5-3-12(19)4-6-13/h3-6,9-10H,2,7-8H2,1H3,(H,20,21). The first-order valence-electron chi connectivity index (χ1n) is 7.22. The van der Waals surface area contributed by atoms with Gasteiger partial charge in [0.15, 0.2) is 11.5 Å². The fraction of sp³-hybridized carbons (Fsp3) is 0.235. The van der Waals surface area contributed by atoms with Crippen molar-refractivity contribution in [3.8, 4) is 17.2 Å². The van der Waals surface area contributed by atoms with Crippen molar-refractivity contribution in [1.82, 2.24) is 0 Å². The second-order valence-electron chi connectivity index (χ2n) is 4.67. The lowest BCUT2D eigenvalue weighted by molar-refractivity contribution is 0.0696. The summed E-state index contributed by atoms with van der Waals surface area (Å²) in [7, 11) is 0. The van der Waals surface area contributed by atoms with Crippen LogP contribution in [0.5, 0.6) is 17.2 Å². The summed E-state index contributed by atoms with van der Waals surface area (Å²) in [6, 6.07) is 8.26. The predicted molar refractivity (Wildman–Crippen MR) is 87.0 cm³/mol. The zero-order valence-electron chi connectivity index (χ0n) is 12.9. The van der Waals surface area contributed by atoms with Crippen molar-refractivity contribution in [2.45, 2.75) is 6.92 Å². The van der Waals surface area contributed by atoms with Gasteiger partial charge in [0.25, 0.3) is 0 Å². The number of aromatic carboxylic acids is 1. The summed E-state index contributed by atoms with van der Waals surface area (Å²) in [5.74, 6) is -0.429. The van der Waals surface area contributed by atoms with E-state index in [2.05, 4.69) is 0 Å². The molecule has 0 amide bonds. The smallest absolute Gasteiger partial charge is 0.335 e. The molecular formula is C17H16ClFO5. The third kappa shape index (κ3) is 4.76. The Balaban J connectivity index is 2.00. The highest BCUT2D eigenvalue weighted by Gasteiger charge is 2.15. The van der Waals surface area contributed by atoms with Crippen LogP contribution in [0, 0.1) is 5.82 Å². The van der Waals surface area contributed by atoms with Crippen molar-refractivity contribution < 1.29 is 28.5 Å². The molecule has 0 fully saturated rings. The molecule has 0 heterocycles. The Morgan fingerprint density at radius 3 is 2.42 bits per heavy atom. The van der Waals surface area contributed by atoms with E-state index < -0.39 is 5.97 Å². The highest BCUT2D eigenvalue weighted by molar-refractivity contribution is 6.32. The van der Waals surface area contributed by atoms with Gasteiger partial charge in [0.1, 0.15) is 24.8 Å². The van der Waals surface area contributed by atoms with E-state index in [9.17, 15) is 9.18 Å². The quantitative estimate of drug-likeness (QED) is 0.725. The maximum absolute atomic E-state index is 12.8. The molecule has 0 radical (unpaired) electrons. The number of rotatable bonds is 8. The van der Waals surface area contributed by atoms with Gasteiger partial charge in [0, 0.05) is 0 Å². The predicted octanol–water partition coefficient (Wildman–Crippen LogP) is 4.03. The SMILES string of the molecule is CCOc1cc(C(=O)O)cc(Cl)c1OCCOc1ccc(F)cc1. The fourth-order valence-corrected chi connectivity index (χ4v) is 2.19. The summed E-state index contributed by atoms with van der Waals surface area (Å²) in [4.78, 5) is 11.1. The van der Waals surface area contributed by atoms with Crippen molar-refractivity contribution in [3.63, 3.8) is 0 Å². The van der Waals surface area contributed by atoms with Crippen molar-refractivity contribution in [3.05, 3.63) is 52.8 Å². The number of benzene rings is 2. The Kier molecular flexibility index (Phi) is 6.26. The first-order chi connectivity index (χ1) is 11.5. The molecule has 2 aromatic rings. The van der Waals surface area contributed by atoms with E-state index >= 15 is 0 Å². The average molecular weight is 355 g/mol. The minimum atomic E-state index is -1.11. The summed E-state index contributed by atoms with van der Waals surface area (Å²) in [6.07, 6.45) is 0. The summed E-state index contributed by atoms with van der Waals surface area (Å²) < 4.78 is 29.1. The van der Waals surface area contributed by atoms with Crippen molar-refractivity contribution in [1.29, 1.82) is 0 Å². The number of carboxylic acid groups (broad SMARTS) is 1. The van der Waals surface area contributed by atoms with Gasteiger partial charge in [-0.05, 0) is 43.3 Å². The molecule has 0 aromatic heterocycles. The van der Waals surface area contributed by atoms with Gasteiger partial charge in [-0.1, -0.05) is 11.6 Å². The number of halogens is 2. The highest BCUT2D eigenvalue weighted by Crippen LogP contribution is 2.36. The Bertz CT molecular complexity index is 703. The molecule has 128 valence electrons. The molecule has 0 aliphatic rings. The van der Waals surface area contributed by atoms with Crippen LogP contribution in [0.2, 0.25) is 5.02 Å². The molecule has 1 N–H and O–H groups in total. The molecular weight excluding hydrogens is 339 g/mol. The molecule has 2 aromatic carbocycles. The third-order valence-electron chi connectivity index (χ3n) is 2.97. The molecule has 0 saturated heterocycles. The first-order valence-corrected chi connectivity index (χ1v) is 7.60. The molecule has 7 heteroatoms. The van der Waals surface area contributed by atoms with Crippen LogP contribution in [-0.4, -0.2) is 30.9 Å². The molecule has 0 atom stereocenters. The van der Waals surface area contributed by atoms with E-state index in [1.807, 2.05) is 0 Å². The van der Waals surface area contributed by atoms with Crippen LogP contribution < -0.4 is 14.2 Å². The number of hydrogen-bond donors (Lipinski definition) is 1. The van der Waals surface area contributed by atoms with Gasteiger partial charge in [0.05, 0.1) is 17.2 Å². The summed E-state index contributed by atoms with van der Waals surface area (Å²) in [6.45, 7) is 2.46. The molecule has 0 unspecified atom stereocenters. The molecule has 0 aliphatic heterocycles. The van der Waals surface area contributed by atoms with Gasteiger partial charge in [-0.15, -0.1) is 0 Å². The van der Waals surface area contributed by atoms with Crippen LogP contribution in [0.3, 0.4) is 0 Å². The molecule has 0 spiro atoms. The zero-order chi connectivity index (χ0) is 17.5. The Labute approximate surface area is 143 Å². The molecule has 0 bridgehead atoms. The zero-order valence-corrected chi connectivity index (χ0v) is 13.7. The molecule has 24 heavy (non-hydrogen) atoms. The molecule has 0 saturated carbocycles. The van der Waals surface area contributed by atoms with Gasteiger partial charge in [-0.2, -0.15) is 0 Å². The van der Waals surface area contributed by atoms with E-state index in [1.54, 1.807) is 6.92 Å². The van der Waals surface area contributed by atoms with Crippen LogP contribution in [0.25, 0.3) is 0 Å². The van der Waals surface area contributed by atoms with Crippen LogP contribution in [0.1, 0.15) is 17.3 Å². The topological polar surface area (TPSA) is 65.0 Å². The lowest BCUT2D eigenvalue weighted by atomic mass is 10.2. The first kappa shape index (κ1) is 17.9. The van der Waals surface area contributed by atoms with Gasteiger partial charge in [-0.25, -0.2) is 9.18 Å². The molecule has 0 aliphatic carbocycles. The van der Waals surface area contributed by atoms with E-state index in [1.165, 1.54) is 36.4 Å². The maximum Gasteiger partial charge on any atom is 0.335 e. The monoisotopic (exact) mass is 354 g/mol. The largest absolute Gasteiger partial charge is 0.490 e. The Hall–Kier alpha value is -2.47. The minimum absolute atomic E-state index is 0.0124. The van der Waals surface area contributed by atoms with Crippen molar-refractivity contribution >= 4 is 17.6 Å². The summed E-state index contributed by atoms with van der Waals surface area (Å²) in [5.41, 5.74) is 0.0124. The molecule has 5 nitrogen and oxygen atoms in total. The highest BCUT2D eigenvalue weighted by atomic mass is 35.5. The van der Waals surface area contributed by atoms with E-state index in [-0.39, 0.29) is 41.1 Å². The fourth-order valence-electron chi connectivity index (χ4n) is 1.93. The second kappa shape index (κ2) is 8.40. The van der Waals surface area contributed by atoms with E-state index in [0.29, 0.717) is 12.4 Å². The van der Waals surface area contributed by atoms with E-state index in [0.717, 1.165) is 0 Å². The van der Waals surface area contributed by atoms with Gasteiger partial charge < -0.3 is 19.3 Å². The van der Waals surface area contributed by atoms with Gasteiger partial charge in [-0.3, -0.25) is 0 Å². The Morgan fingerprint density at radius 2 is 1.79 bits per heavy atom. The van der Waals surface area contributed by atoms with Gasteiger partial charge in [0.2, 0.25) is 0 Å². The van der Waals surface area contributed by atoms with Crippen LogP contribution in [-0.2, 0) is 0 Å². The third-order valence-corrected chi connectivity index (χ3v) is 3.25.